The minimum absolute atomic E-state index is 0.177. The Morgan fingerprint density at radius 2 is 1.40 bits per heavy atom. The van der Waals surface area contributed by atoms with Gasteiger partial charge in [0, 0.05) is 35.4 Å². The average Bonchev–Trinajstić information content (AvgIpc) is 2.73. The van der Waals surface area contributed by atoms with E-state index in [9.17, 15) is 13.2 Å². The summed E-state index contributed by atoms with van der Waals surface area (Å²) in [6, 6.07) is 12.4. The second-order valence-electron chi connectivity index (χ2n) is 6.72. The number of halogens is 3. The van der Waals surface area contributed by atoms with Gasteiger partial charge in [0.2, 0.25) is 5.95 Å². The molecule has 8 heteroatoms. The Hall–Kier alpha value is -3.81. The maximum absolute atomic E-state index is 12.8. The van der Waals surface area contributed by atoms with Gasteiger partial charge in [-0.2, -0.15) is 13.2 Å². The summed E-state index contributed by atoms with van der Waals surface area (Å²) < 4.78 is 38.5. The molecule has 0 bridgehead atoms. The van der Waals surface area contributed by atoms with Gasteiger partial charge in [-0.1, -0.05) is 12.1 Å². The van der Waals surface area contributed by atoms with Gasteiger partial charge in [0.05, 0.1) is 17.0 Å². The van der Waals surface area contributed by atoms with Crippen LogP contribution in [0, 0.1) is 6.92 Å². The average molecular weight is 407 g/mol. The van der Waals surface area contributed by atoms with Crippen molar-refractivity contribution in [2.45, 2.75) is 13.1 Å². The summed E-state index contributed by atoms with van der Waals surface area (Å²) in [6.07, 6.45) is 0.470. The topological polar surface area (TPSA) is 77.6 Å². The smallest absolute Gasteiger partial charge is 0.368 e. The third kappa shape index (κ3) is 4.12. The minimum atomic E-state index is -4.36. The maximum Gasteiger partial charge on any atom is 0.416 e. The lowest BCUT2D eigenvalue weighted by Gasteiger charge is -2.10. The zero-order valence-corrected chi connectivity index (χ0v) is 15.9. The van der Waals surface area contributed by atoms with Gasteiger partial charge in [-0.25, -0.2) is 9.97 Å². The summed E-state index contributed by atoms with van der Waals surface area (Å²) in [4.78, 5) is 16.9. The highest BCUT2D eigenvalue weighted by atomic mass is 19.4. The number of anilines is 1. The van der Waals surface area contributed by atoms with Crippen molar-refractivity contribution in [3.63, 3.8) is 0 Å². The molecular formula is C22H16F3N5. The van der Waals surface area contributed by atoms with E-state index in [1.807, 2.05) is 31.2 Å². The number of alkyl halides is 3. The van der Waals surface area contributed by atoms with Crippen LogP contribution >= 0.6 is 0 Å². The van der Waals surface area contributed by atoms with Crippen LogP contribution in [-0.4, -0.2) is 19.9 Å². The van der Waals surface area contributed by atoms with E-state index in [1.54, 1.807) is 18.6 Å². The number of pyridine rings is 2. The zero-order chi connectivity index (χ0) is 21.3. The molecule has 0 unspecified atom stereocenters. The number of nitrogens with zero attached hydrogens (tertiary/aromatic N) is 4. The van der Waals surface area contributed by atoms with E-state index >= 15 is 0 Å². The predicted molar refractivity (Wildman–Crippen MR) is 108 cm³/mol. The molecule has 4 aromatic rings. The van der Waals surface area contributed by atoms with Gasteiger partial charge in [-0.05, 0) is 54.4 Å². The van der Waals surface area contributed by atoms with E-state index in [2.05, 4.69) is 19.9 Å². The molecule has 0 atom stereocenters. The van der Waals surface area contributed by atoms with Gasteiger partial charge in [-0.3, -0.25) is 9.97 Å². The lowest BCUT2D eigenvalue weighted by Crippen LogP contribution is -2.04. The van der Waals surface area contributed by atoms with E-state index in [4.69, 9.17) is 5.73 Å². The van der Waals surface area contributed by atoms with Crippen molar-refractivity contribution in [2.75, 3.05) is 5.73 Å². The highest BCUT2D eigenvalue weighted by molar-refractivity contribution is 5.73. The molecule has 0 saturated heterocycles. The number of hydrogen-bond donors (Lipinski definition) is 1. The van der Waals surface area contributed by atoms with Crippen molar-refractivity contribution in [1.29, 1.82) is 0 Å². The highest BCUT2D eigenvalue weighted by Crippen LogP contribution is 2.32. The number of rotatable bonds is 3. The van der Waals surface area contributed by atoms with Gasteiger partial charge in [-0.15, -0.1) is 0 Å². The number of hydrogen-bond acceptors (Lipinski definition) is 5. The first-order valence-corrected chi connectivity index (χ1v) is 9.00. The number of aryl methyl sites for hydroxylation is 1. The van der Waals surface area contributed by atoms with Crippen LogP contribution in [0.3, 0.4) is 0 Å². The quantitative estimate of drug-likeness (QED) is 0.507. The van der Waals surface area contributed by atoms with Gasteiger partial charge in [0.15, 0.2) is 0 Å². The van der Waals surface area contributed by atoms with E-state index < -0.39 is 11.7 Å². The van der Waals surface area contributed by atoms with E-state index in [0.29, 0.717) is 22.5 Å². The number of nitrogens with two attached hydrogens (primary N) is 1. The highest BCUT2D eigenvalue weighted by Gasteiger charge is 2.30. The fraction of sp³-hybridized carbons (Fsp3) is 0.0909. The molecule has 3 aromatic heterocycles. The molecule has 0 aliphatic carbocycles. The standard InChI is InChI=1S/C22H16F3N5/c1-13-8-16(14-2-4-18(5-3-14)22(23,24)25)10-20(30-13)15-6-7-27-19(9-15)17-11-28-21(26)29-12-17/h2-12H,1H3,(H2,26,28,29). The molecule has 30 heavy (non-hydrogen) atoms. The first-order chi connectivity index (χ1) is 14.3. The summed E-state index contributed by atoms with van der Waals surface area (Å²) in [5, 5.41) is 0. The van der Waals surface area contributed by atoms with Gasteiger partial charge < -0.3 is 5.73 Å². The van der Waals surface area contributed by atoms with Crippen LogP contribution in [0.15, 0.2) is 67.1 Å². The fourth-order valence-corrected chi connectivity index (χ4v) is 3.05. The third-order valence-electron chi connectivity index (χ3n) is 4.52. The molecule has 2 N–H and O–H groups in total. The van der Waals surface area contributed by atoms with E-state index in [1.165, 1.54) is 12.1 Å². The molecule has 0 saturated carbocycles. The Morgan fingerprint density at radius 3 is 2.07 bits per heavy atom. The molecule has 0 amide bonds. The molecule has 150 valence electrons. The summed E-state index contributed by atoms with van der Waals surface area (Å²) in [7, 11) is 0. The normalized spacial score (nSPS) is 11.5. The SMILES string of the molecule is Cc1cc(-c2ccc(C(F)(F)F)cc2)cc(-c2ccnc(-c3cnc(N)nc3)c2)n1. The van der Waals surface area contributed by atoms with Crippen LogP contribution < -0.4 is 5.73 Å². The summed E-state index contributed by atoms with van der Waals surface area (Å²) in [5.74, 6) is 0.177. The largest absolute Gasteiger partial charge is 0.416 e. The Bertz CT molecular complexity index is 1190. The van der Waals surface area contributed by atoms with Crippen LogP contribution in [0.25, 0.3) is 33.6 Å². The second-order valence-corrected chi connectivity index (χ2v) is 6.72. The second kappa shape index (κ2) is 7.55. The van der Waals surface area contributed by atoms with Crippen molar-refractivity contribution in [1.82, 2.24) is 19.9 Å². The number of benzene rings is 1. The summed E-state index contributed by atoms with van der Waals surface area (Å²) in [5.41, 5.74) is 9.92. The lowest BCUT2D eigenvalue weighted by molar-refractivity contribution is -0.137. The van der Waals surface area contributed by atoms with Crippen LogP contribution in [-0.2, 0) is 6.18 Å². The Balaban J connectivity index is 1.72. The Morgan fingerprint density at radius 1 is 0.733 bits per heavy atom. The molecule has 5 nitrogen and oxygen atoms in total. The first kappa shape index (κ1) is 19.5. The zero-order valence-electron chi connectivity index (χ0n) is 15.9. The van der Waals surface area contributed by atoms with Crippen LogP contribution in [0.4, 0.5) is 19.1 Å². The molecule has 0 aliphatic heterocycles. The molecule has 0 spiro atoms. The van der Waals surface area contributed by atoms with Crippen molar-refractivity contribution in [3.8, 4) is 33.6 Å². The van der Waals surface area contributed by atoms with Gasteiger partial charge in [0.1, 0.15) is 0 Å². The van der Waals surface area contributed by atoms with Gasteiger partial charge in [0.25, 0.3) is 0 Å². The molecular weight excluding hydrogens is 391 g/mol. The van der Waals surface area contributed by atoms with E-state index in [0.717, 1.165) is 29.0 Å². The van der Waals surface area contributed by atoms with Crippen LogP contribution in [0.1, 0.15) is 11.3 Å². The van der Waals surface area contributed by atoms with Crippen LogP contribution in [0.2, 0.25) is 0 Å². The predicted octanol–water partition coefficient (Wildman–Crippen LogP) is 5.18. The summed E-state index contributed by atoms with van der Waals surface area (Å²) >= 11 is 0. The monoisotopic (exact) mass is 407 g/mol. The first-order valence-electron chi connectivity index (χ1n) is 9.00. The molecule has 3 heterocycles. The van der Waals surface area contributed by atoms with Crippen molar-refractivity contribution in [2.24, 2.45) is 0 Å². The minimum Gasteiger partial charge on any atom is -0.368 e. The molecule has 4 rings (SSSR count). The van der Waals surface area contributed by atoms with Crippen molar-refractivity contribution >= 4 is 5.95 Å². The lowest BCUT2D eigenvalue weighted by atomic mass is 10.0. The van der Waals surface area contributed by atoms with Crippen molar-refractivity contribution < 1.29 is 13.2 Å². The van der Waals surface area contributed by atoms with Crippen molar-refractivity contribution in [3.05, 3.63) is 78.4 Å². The third-order valence-corrected chi connectivity index (χ3v) is 4.52. The maximum atomic E-state index is 12.8. The summed E-state index contributed by atoms with van der Waals surface area (Å²) in [6.45, 7) is 1.84. The van der Waals surface area contributed by atoms with Gasteiger partial charge >= 0.3 is 6.18 Å². The fourth-order valence-electron chi connectivity index (χ4n) is 3.05. The Kier molecular flexibility index (Phi) is 4.91. The van der Waals surface area contributed by atoms with Crippen LogP contribution in [0.5, 0.6) is 0 Å². The number of nitrogen functional groups attached to an aromatic ring is 1. The van der Waals surface area contributed by atoms with E-state index in [-0.39, 0.29) is 5.95 Å². The molecule has 0 aliphatic rings. The molecule has 0 radical (unpaired) electrons. The Labute approximate surface area is 170 Å². The molecule has 0 fully saturated rings. The number of aromatic nitrogens is 4. The molecule has 1 aromatic carbocycles.